The van der Waals surface area contributed by atoms with Gasteiger partial charge in [0.15, 0.2) is 11.6 Å². The van der Waals surface area contributed by atoms with E-state index in [4.69, 9.17) is 21.4 Å². The first-order valence-corrected chi connectivity index (χ1v) is 7.61. The molecule has 2 rings (SSSR count). The first-order chi connectivity index (χ1) is 9.97. The summed E-state index contributed by atoms with van der Waals surface area (Å²) in [6.45, 7) is 0. The van der Waals surface area contributed by atoms with Gasteiger partial charge in [0.05, 0.1) is 6.42 Å². The Bertz CT molecular complexity index is 676. The summed E-state index contributed by atoms with van der Waals surface area (Å²) in [6.07, 6.45) is 1.68. The van der Waals surface area contributed by atoms with Crippen molar-refractivity contribution in [3.05, 3.63) is 52.8 Å². The number of aliphatic carboxylic acids is 1. The van der Waals surface area contributed by atoms with Crippen LogP contribution in [0.2, 0.25) is 5.02 Å². The van der Waals surface area contributed by atoms with E-state index in [2.05, 4.69) is 0 Å². The second-order valence-electron chi connectivity index (χ2n) is 4.26. The molecule has 0 spiro atoms. The van der Waals surface area contributed by atoms with Gasteiger partial charge in [-0.25, -0.2) is 4.39 Å². The zero-order chi connectivity index (χ0) is 15.4. The van der Waals surface area contributed by atoms with Crippen LogP contribution in [0.4, 0.5) is 4.39 Å². The van der Waals surface area contributed by atoms with E-state index in [0.717, 1.165) is 4.90 Å². The van der Waals surface area contributed by atoms with Gasteiger partial charge in [0.2, 0.25) is 0 Å². The highest BCUT2D eigenvalue weighted by atomic mass is 35.5. The normalized spacial score (nSPS) is 10.4. The third-order valence-electron chi connectivity index (χ3n) is 2.65. The quantitative estimate of drug-likeness (QED) is 0.814. The Kier molecular flexibility index (Phi) is 5.09. The molecule has 1 N–H and O–H groups in total. The molecule has 0 amide bonds. The van der Waals surface area contributed by atoms with Gasteiger partial charge < -0.3 is 9.84 Å². The largest absolute Gasteiger partial charge is 0.481 e. The fourth-order valence-corrected chi connectivity index (χ4v) is 2.45. The zero-order valence-electron chi connectivity index (χ0n) is 11.1. The predicted octanol–water partition coefficient (Wildman–Crippen LogP) is 4.62. The van der Waals surface area contributed by atoms with E-state index >= 15 is 0 Å². The Labute approximate surface area is 130 Å². The average Bonchev–Trinajstić information content (AvgIpc) is 2.39. The highest BCUT2D eigenvalue weighted by Gasteiger charge is 2.09. The Balaban J connectivity index is 2.26. The first kappa shape index (κ1) is 15.7. The number of thioether (sulfide) groups is 1. The summed E-state index contributed by atoms with van der Waals surface area (Å²) < 4.78 is 19.3. The molecule has 0 radical (unpaired) electrons. The van der Waals surface area contributed by atoms with Gasteiger partial charge in [-0.2, -0.15) is 0 Å². The van der Waals surface area contributed by atoms with Crippen molar-refractivity contribution >= 4 is 29.3 Å². The maximum absolute atomic E-state index is 13.9. The Morgan fingerprint density at radius 1 is 1.33 bits per heavy atom. The summed E-state index contributed by atoms with van der Waals surface area (Å²) in [7, 11) is 0. The van der Waals surface area contributed by atoms with Crippen LogP contribution in [0.3, 0.4) is 0 Å². The Morgan fingerprint density at radius 3 is 2.71 bits per heavy atom. The van der Waals surface area contributed by atoms with Gasteiger partial charge in [-0.05, 0) is 48.2 Å². The molecule has 21 heavy (non-hydrogen) atoms. The van der Waals surface area contributed by atoms with Crippen molar-refractivity contribution in [1.29, 1.82) is 0 Å². The molecule has 0 bridgehead atoms. The molecule has 0 atom stereocenters. The lowest BCUT2D eigenvalue weighted by Gasteiger charge is -2.09. The zero-order valence-corrected chi connectivity index (χ0v) is 12.7. The molecule has 0 aromatic heterocycles. The van der Waals surface area contributed by atoms with E-state index in [-0.39, 0.29) is 12.2 Å². The summed E-state index contributed by atoms with van der Waals surface area (Å²) in [5.74, 6) is -1.09. The summed E-state index contributed by atoms with van der Waals surface area (Å²) in [6, 6.07) is 9.22. The van der Waals surface area contributed by atoms with Gasteiger partial charge in [-0.15, -0.1) is 11.8 Å². The van der Waals surface area contributed by atoms with Crippen LogP contribution in [-0.4, -0.2) is 17.3 Å². The van der Waals surface area contributed by atoms with Crippen LogP contribution in [0, 0.1) is 5.82 Å². The number of halogens is 2. The van der Waals surface area contributed by atoms with E-state index in [0.29, 0.717) is 16.3 Å². The van der Waals surface area contributed by atoms with Crippen molar-refractivity contribution in [2.45, 2.75) is 11.3 Å². The van der Waals surface area contributed by atoms with Crippen molar-refractivity contribution in [1.82, 2.24) is 0 Å². The van der Waals surface area contributed by atoms with E-state index in [1.807, 2.05) is 6.26 Å². The van der Waals surface area contributed by atoms with Crippen LogP contribution in [0.25, 0.3) is 0 Å². The van der Waals surface area contributed by atoms with Gasteiger partial charge >= 0.3 is 5.97 Å². The maximum Gasteiger partial charge on any atom is 0.307 e. The van der Waals surface area contributed by atoms with Crippen LogP contribution in [-0.2, 0) is 11.2 Å². The average molecular weight is 327 g/mol. The second-order valence-corrected chi connectivity index (χ2v) is 5.58. The minimum Gasteiger partial charge on any atom is -0.481 e. The molecular formula is C15H12ClFO3S. The van der Waals surface area contributed by atoms with Gasteiger partial charge in [0, 0.05) is 9.92 Å². The van der Waals surface area contributed by atoms with Crippen LogP contribution in [0.15, 0.2) is 41.3 Å². The van der Waals surface area contributed by atoms with Crippen LogP contribution in [0.5, 0.6) is 11.5 Å². The van der Waals surface area contributed by atoms with Crippen molar-refractivity contribution in [3.63, 3.8) is 0 Å². The topological polar surface area (TPSA) is 46.5 Å². The maximum atomic E-state index is 13.9. The minimum absolute atomic E-state index is 0.0661. The summed E-state index contributed by atoms with van der Waals surface area (Å²) in [5, 5.41) is 9.13. The lowest BCUT2D eigenvalue weighted by molar-refractivity contribution is -0.136. The monoisotopic (exact) mass is 326 g/mol. The third-order valence-corrected chi connectivity index (χ3v) is 3.60. The number of hydrogen-bond donors (Lipinski definition) is 1. The molecule has 0 aliphatic carbocycles. The molecular weight excluding hydrogens is 315 g/mol. The molecule has 0 heterocycles. The lowest BCUT2D eigenvalue weighted by Crippen LogP contribution is -2.00. The van der Waals surface area contributed by atoms with Gasteiger partial charge in [0.1, 0.15) is 5.75 Å². The third kappa shape index (κ3) is 4.37. The number of rotatable bonds is 5. The number of carboxylic acid groups (broad SMARTS) is 1. The number of hydrogen-bond acceptors (Lipinski definition) is 3. The van der Waals surface area contributed by atoms with Crippen molar-refractivity contribution in [2.75, 3.05) is 6.26 Å². The Morgan fingerprint density at radius 2 is 2.10 bits per heavy atom. The van der Waals surface area contributed by atoms with E-state index in [9.17, 15) is 9.18 Å². The summed E-state index contributed by atoms with van der Waals surface area (Å²) in [5.41, 5.74) is 0.492. The van der Waals surface area contributed by atoms with E-state index in [1.54, 1.807) is 6.07 Å². The molecule has 2 aromatic carbocycles. The lowest BCUT2D eigenvalue weighted by atomic mass is 10.1. The molecule has 0 unspecified atom stereocenters. The molecule has 110 valence electrons. The smallest absolute Gasteiger partial charge is 0.307 e. The van der Waals surface area contributed by atoms with Gasteiger partial charge in [0.25, 0.3) is 0 Å². The first-order valence-electron chi connectivity index (χ1n) is 6.00. The Hall–Kier alpha value is -1.72. The van der Waals surface area contributed by atoms with Crippen LogP contribution in [0.1, 0.15) is 5.56 Å². The van der Waals surface area contributed by atoms with Crippen molar-refractivity contribution < 1.29 is 19.0 Å². The molecule has 2 aromatic rings. The molecule has 6 heteroatoms. The van der Waals surface area contributed by atoms with E-state index in [1.165, 1.54) is 42.1 Å². The van der Waals surface area contributed by atoms with Crippen molar-refractivity contribution in [3.8, 4) is 11.5 Å². The van der Waals surface area contributed by atoms with Gasteiger partial charge in [-0.1, -0.05) is 11.6 Å². The second kappa shape index (κ2) is 6.83. The number of carbonyl (C=O) groups is 1. The predicted molar refractivity (Wildman–Crippen MR) is 81.0 cm³/mol. The van der Waals surface area contributed by atoms with Crippen molar-refractivity contribution in [2.24, 2.45) is 0 Å². The number of ether oxygens (including phenoxy) is 1. The highest BCUT2D eigenvalue weighted by Crippen LogP contribution is 2.30. The summed E-state index contributed by atoms with van der Waals surface area (Å²) in [4.78, 5) is 11.5. The molecule has 0 fully saturated rings. The minimum atomic E-state index is -0.973. The number of carboxylic acids is 1. The number of benzene rings is 2. The fraction of sp³-hybridized carbons (Fsp3) is 0.133. The molecule has 3 nitrogen and oxygen atoms in total. The molecule has 0 saturated carbocycles. The molecule has 0 saturated heterocycles. The summed E-state index contributed by atoms with van der Waals surface area (Å²) >= 11 is 7.34. The van der Waals surface area contributed by atoms with Crippen LogP contribution < -0.4 is 4.74 Å². The van der Waals surface area contributed by atoms with Crippen LogP contribution >= 0.6 is 23.4 Å². The van der Waals surface area contributed by atoms with E-state index < -0.39 is 11.8 Å². The fourth-order valence-electron chi connectivity index (χ4n) is 1.77. The molecule has 0 aliphatic rings. The SMILES string of the molecule is CSc1ccc(Oc2cc(Cl)cc(CC(=O)O)c2)c(F)c1. The van der Waals surface area contributed by atoms with Gasteiger partial charge in [-0.3, -0.25) is 4.79 Å². The molecule has 0 aliphatic heterocycles. The standard InChI is InChI=1S/C15H12ClFO3S/c1-21-12-2-3-14(13(17)8-12)20-11-5-9(6-15(18)19)4-10(16)7-11/h2-5,7-8H,6H2,1H3,(H,18,19). The highest BCUT2D eigenvalue weighted by molar-refractivity contribution is 7.98.